The van der Waals surface area contributed by atoms with Crippen molar-refractivity contribution in [2.75, 3.05) is 26.2 Å². The fourth-order valence-corrected chi connectivity index (χ4v) is 6.13. The van der Waals surface area contributed by atoms with Gasteiger partial charge in [-0.2, -0.15) is 0 Å². The summed E-state index contributed by atoms with van der Waals surface area (Å²) in [5, 5.41) is 22.1. The maximum absolute atomic E-state index is 14.1. The Hall–Kier alpha value is -4.15. The highest BCUT2D eigenvalue weighted by Crippen LogP contribution is 2.48. The molecular weight excluding hydrogens is 492 g/mol. The number of non-ortho nitro benzene ring substituents is 2. The molecule has 0 aromatic heterocycles. The van der Waals surface area contributed by atoms with Gasteiger partial charge in [0.1, 0.15) is 0 Å². The van der Waals surface area contributed by atoms with E-state index in [4.69, 9.17) is 0 Å². The van der Waals surface area contributed by atoms with Crippen LogP contribution in [-0.4, -0.2) is 63.4 Å². The highest BCUT2D eigenvalue weighted by atomic mass is 16.6. The quantitative estimate of drug-likeness (QED) is 0.372. The minimum atomic E-state index is -0.951. The van der Waals surface area contributed by atoms with Crippen molar-refractivity contribution >= 4 is 29.0 Å². The molecule has 200 valence electrons. The lowest BCUT2D eigenvalue weighted by Crippen LogP contribution is -2.71. The first-order chi connectivity index (χ1) is 18.1. The lowest BCUT2D eigenvalue weighted by molar-refractivity contribution is -0.385. The van der Waals surface area contributed by atoms with Crippen LogP contribution in [0.25, 0.3) is 0 Å². The zero-order valence-corrected chi connectivity index (χ0v) is 21.4. The number of piperidine rings is 2. The fourth-order valence-electron chi connectivity index (χ4n) is 6.13. The SMILES string of the molecule is CCCC12CN(C(=O)c3ccc([N+](=O)[O-])cc3)CC(CCC)(CN(C(=O)c3ccc([N+](=O)[O-])cc3)C1)C2=O. The Kier molecular flexibility index (Phi) is 7.30. The predicted octanol–water partition coefficient (Wildman–Crippen LogP) is 4.26. The molecule has 2 aromatic carbocycles. The summed E-state index contributed by atoms with van der Waals surface area (Å²) < 4.78 is 0. The van der Waals surface area contributed by atoms with E-state index >= 15 is 0 Å². The third kappa shape index (κ3) is 4.75. The maximum Gasteiger partial charge on any atom is 0.269 e. The number of fused-ring (bicyclic) bond motifs is 2. The van der Waals surface area contributed by atoms with Gasteiger partial charge in [-0.05, 0) is 37.1 Å². The Bertz CT molecular complexity index is 1160. The number of ketones is 1. The minimum absolute atomic E-state index is 0.0780. The van der Waals surface area contributed by atoms with Crippen LogP contribution in [0.2, 0.25) is 0 Å². The van der Waals surface area contributed by atoms with Crippen LogP contribution in [0.15, 0.2) is 48.5 Å². The summed E-state index contributed by atoms with van der Waals surface area (Å²) in [4.78, 5) is 65.5. The van der Waals surface area contributed by atoms with Gasteiger partial charge < -0.3 is 9.80 Å². The molecule has 0 saturated carbocycles. The smallest absolute Gasteiger partial charge is 0.269 e. The number of Topliss-reactive ketones (excluding diaryl/α,β-unsaturated/α-hetero) is 1. The minimum Gasteiger partial charge on any atom is -0.336 e. The molecular formula is C27H30N4O7. The zero-order valence-electron chi connectivity index (χ0n) is 21.4. The van der Waals surface area contributed by atoms with Gasteiger partial charge in [0.2, 0.25) is 0 Å². The van der Waals surface area contributed by atoms with Crippen LogP contribution >= 0.6 is 0 Å². The van der Waals surface area contributed by atoms with Gasteiger partial charge in [0.15, 0.2) is 5.78 Å². The van der Waals surface area contributed by atoms with E-state index < -0.39 is 20.7 Å². The second-order valence-corrected chi connectivity index (χ2v) is 10.3. The lowest BCUT2D eigenvalue weighted by Gasteiger charge is -2.57. The molecule has 2 aliphatic rings. The van der Waals surface area contributed by atoms with Crippen molar-refractivity contribution in [1.82, 2.24) is 9.80 Å². The van der Waals surface area contributed by atoms with Crippen molar-refractivity contribution in [3.63, 3.8) is 0 Å². The van der Waals surface area contributed by atoms with E-state index in [-0.39, 0.29) is 55.2 Å². The van der Waals surface area contributed by atoms with Crippen molar-refractivity contribution in [3.05, 3.63) is 79.9 Å². The number of carbonyl (C=O) groups is 3. The summed E-state index contributed by atoms with van der Waals surface area (Å²) >= 11 is 0. The first-order valence-electron chi connectivity index (χ1n) is 12.7. The normalized spacial score (nSPS) is 22.7. The molecule has 2 saturated heterocycles. The molecule has 11 nitrogen and oxygen atoms in total. The van der Waals surface area contributed by atoms with Gasteiger partial charge in [-0.25, -0.2) is 0 Å². The average Bonchev–Trinajstić information content (AvgIpc) is 2.89. The van der Waals surface area contributed by atoms with E-state index in [2.05, 4.69) is 0 Å². The number of nitro benzene ring substituents is 2. The molecule has 0 aliphatic carbocycles. The van der Waals surface area contributed by atoms with Gasteiger partial charge in [-0.3, -0.25) is 34.6 Å². The Labute approximate surface area is 219 Å². The molecule has 0 N–H and O–H groups in total. The second kappa shape index (κ2) is 10.3. The number of hydrogen-bond acceptors (Lipinski definition) is 7. The Balaban J connectivity index is 1.68. The first-order valence-corrected chi connectivity index (χ1v) is 12.7. The van der Waals surface area contributed by atoms with Crippen LogP contribution in [0.3, 0.4) is 0 Å². The van der Waals surface area contributed by atoms with Crippen molar-refractivity contribution in [1.29, 1.82) is 0 Å². The van der Waals surface area contributed by atoms with Gasteiger partial charge in [0, 0.05) is 61.6 Å². The summed E-state index contributed by atoms with van der Waals surface area (Å²) in [6.07, 6.45) is 2.33. The van der Waals surface area contributed by atoms with Gasteiger partial charge in [-0.1, -0.05) is 26.7 Å². The molecule has 2 aliphatic heterocycles. The van der Waals surface area contributed by atoms with Crippen LogP contribution in [0, 0.1) is 31.1 Å². The fraction of sp³-hybridized carbons (Fsp3) is 0.444. The number of hydrogen-bond donors (Lipinski definition) is 0. The van der Waals surface area contributed by atoms with Crippen molar-refractivity contribution in [2.24, 2.45) is 10.8 Å². The van der Waals surface area contributed by atoms with E-state index in [9.17, 15) is 34.6 Å². The number of likely N-dealkylation sites (tertiary alicyclic amines) is 2. The van der Waals surface area contributed by atoms with E-state index in [0.29, 0.717) is 36.8 Å². The molecule has 38 heavy (non-hydrogen) atoms. The molecule has 0 atom stereocenters. The first kappa shape index (κ1) is 26.9. The number of rotatable bonds is 8. The summed E-state index contributed by atoms with van der Waals surface area (Å²) in [6.45, 7) is 4.49. The molecule has 2 aromatic rings. The second-order valence-electron chi connectivity index (χ2n) is 10.3. The lowest BCUT2D eigenvalue weighted by atomic mass is 9.59. The third-order valence-electron chi connectivity index (χ3n) is 7.62. The van der Waals surface area contributed by atoms with Crippen LogP contribution in [0.5, 0.6) is 0 Å². The highest BCUT2D eigenvalue weighted by Gasteiger charge is 2.60. The Morgan fingerprint density at radius 3 is 1.29 bits per heavy atom. The summed E-state index contributed by atoms with van der Waals surface area (Å²) in [6, 6.07) is 10.9. The maximum atomic E-state index is 14.1. The summed E-state index contributed by atoms with van der Waals surface area (Å²) in [5.74, 6) is -0.527. The molecule has 4 rings (SSSR count). The Morgan fingerprint density at radius 1 is 0.711 bits per heavy atom. The predicted molar refractivity (Wildman–Crippen MR) is 138 cm³/mol. The summed E-state index contributed by atoms with van der Waals surface area (Å²) in [7, 11) is 0. The van der Waals surface area contributed by atoms with Crippen molar-refractivity contribution in [2.45, 2.75) is 39.5 Å². The molecule has 0 radical (unpaired) electrons. The third-order valence-corrected chi connectivity index (χ3v) is 7.62. The molecule has 2 fully saturated rings. The van der Waals surface area contributed by atoms with Crippen LogP contribution in [0.4, 0.5) is 11.4 Å². The summed E-state index contributed by atoms with van der Waals surface area (Å²) in [5.41, 5.74) is -1.52. The molecule has 2 bridgehead atoms. The topological polar surface area (TPSA) is 144 Å². The van der Waals surface area contributed by atoms with E-state index in [1.54, 1.807) is 9.80 Å². The Morgan fingerprint density at radius 2 is 1.03 bits per heavy atom. The van der Waals surface area contributed by atoms with Crippen LogP contribution < -0.4 is 0 Å². The monoisotopic (exact) mass is 522 g/mol. The molecule has 11 heteroatoms. The van der Waals surface area contributed by atoms with E-state index in [1.807, 2.05) is 13.8 Å². The number of nitrogens with zero attached hydrogens (tertiary/aromatic N) is 4. The zero-order chi connectivity index (χ0) is 27.7. The molecule has 2 amide bonds. The van der Waals surface area contributed by atoms with Gasteiger partial charge >= 0.3 is 0 Å². The van der Waals surface area contributed by atoms with Gasteiger partial charge in [0.05, 0.1) is 20.7 Å². The van der Waals surface area contributed by atoms with Crippen LogP contribution in [0.1, 0.15) is 60.2 Å². The molecule has 0 unspecified atom stereocenters. The highest BCUT2D eigenvalue weighted by molar-refractivity contribution is 6.01. The van der Waals surface area contributed by atoms with E-state index in [0.717, 1.165) is 0 Å². The van der Waals surface area contributed by atoms with Gasteiger partial charge in [0.25, 0.3) is 23.2 Å². The average molecular weight is 523 g/mol. The van der Waals surface area contributed by atoms with Crippen molar-refractivity contribution < 1.29 is 24.2 Å². The number of benzene rings is 2. The largest absolute Gasteiger partial charge is 0.336 e. The molecule has 0 spiro atoms. The van der Waals surface area contributed by atoms with E-state index in [1.165, 1.54) is 48.5 Å². The molecule has 2 heterocycles. The van der Waals surface area contributed by atoms with Gasteiger partial charge in [-0.15, -0.1) is 0 Å². The standard InChI is InChI=1S/C27H30N4O7/c1-3-13-26-15-28(23(32)19-5-9-21(10-6-19)30(35)36)17-27(14-4-2,25(26)34)18-29(16-26)24(33)20-7-11-22(12-8-20)31(37)38/h5-12H,3-4,13-18H2,1-2H3. The number of amides is 2. The van der Waals surface area contributed by atoms with Crippen LogP contribution in [-0.2, 0) is 4.79 Å². The number of nitro groups is 2. The van der Waals surface area contributed by atoms with Crippen molar-refractivity contribution in [3.8, 4) is 0 Å². The number of carbonyl (C=O) groups excluding carboxylic acids is 3.